The summed E-state index contributed by atoms with van der Waals surface area (Å²) in [7, 11) is 2.08. The highest BCUT2D eigenvalue weighted by molar-refractivity contribution is 6.00. The number of H-pyrrole nitrogens is 1. The number of nitrogens with one attached hydrogen (secondary N) is 3. The van der Waals surface area contributed by atoms with Gasteiger partial charge in [-0.3, -0.25) is 19.4 Å². The lowest BCUT2D eigenvalue weighted by molar-refractivity contribution is -0.121. The Hall–Kier alpha value is -3.60. The van der Waals surface area contributed by atoms with Gasteiger partial charge in [0.15, 0.2) is 0 Å². The van der Waals surface area contributed by atoms with Gasteiger partial charge in [-0.15, -0.1) is 0 Å². The van der Waals surface area contributed by atoms with Crippen molar-refractivity contribution in [3.8, 4) is 11.1 Å². The number of pyridine rings is 1. The van der Waals surface area contributed by atoms with Gasteiger partial charge in [0.2, 0.25) is 11.9 Å². The first kappa shape index (κ1) is 31.4. The smallest absolute Gasteiger partial charge is 0.270 e. The maximum atomic E-state index is 15.4. The molecule has 3 fully saturated rings. The van der Waals surface area contributed by atoms with Gasteiger partial charge in [0.25, 0.3) is 5.91 Å². The maximum Gasteiger partial charge on any atom is 0.270 e. The van der Waals surface area contributed by atoms with Crippen molar-refractivity contribution in [1.29, 1.82) is 0 Å². The summed E-state index contributed by atoms with van der Waals surface area (Å²) in [4.78, 5) is 34.7. The van der Waals surface area contributed by atoms with Gasteiger partial charge >= 0.3 is 0 Å². The van der Waals surface area contributed by atoms with E-state index in [1.165, 1.54) is 12.8 Å². The summed E-state index contributed by atoms with van der Waals surface area (Å²) in [6.07, 6.45) is 12.8. The molecule has 2 saturated carbocycles. The van der Waals surface area contributed by atoms with Crippen LogP contribution in [-0.4, -0.2) is 67.9 Å². The second-order valence-corrected chi connectivity index (χ2v) is 13.6. The van der Waals surface area contributed by atoms with E-state index >= 15 is 4.39 Å². The average Bonchev–Trinajstić information content (AvgIpc) is 3.63. The Morgan fingerprint density at radius 1 is 1.00 bits per heavy atom. The molecule has 2 aliphatic carbocycles. The zero-order valence-electron chi connectivity index (χ0n) is 26.8. The highest BCUT2D eigenvalue weighted by Gasteiger charge is 2.41. The number of aromatic amines is 1. The van der Waals surface area contributed by atoms with Gasteiger partial charge in [-0.05, 0) is 56.8 Å². The number of nitrogens with zero attached hydrogens (tertiary/aromatic N) is 5. The quantitative estimate of drug-likeness (QED) is 0.258. The lowest BCUT2D eigenvalue weighted by Gasteiger charge is -2.42. The van der Waals surface area contributed by atoms with Crippen LogP contribution >= 0.6 is 0 Å². The average molecular weight is 619 g/mol. The first-order valence-electron chi connectivity index (χ1n) is 16.8. The molecule has 6 rings (SSSR count). The molecule has 2 amide bonds. The standard InChI is InChI=1S/C34H47FN8O2/c1-21-29(22(2)41-40-21)26-14-15-28(37-32(26)35)38-34(45)31(30(24-10-6-4-7-11-24)25-12-8-5-9-13-25)39-33(44)27-16-17-36-43(27)20-23-18-42(3)19-23/h14-17,23-25,30-31H,4-13,18-20H2,1-3H3,(H,39,44)(H,40,41)(H,37,38,45)/t31-/m0/s1. The van der Waals surface area contributed by atoms with Crippen LogP contribution in [0.3, 0.4) is 0 Å². The third-order valence-electron chi connectivity index (χ3n) is 10.4. The Bertz CT molecular complexity index is 1450. The van der Waals surface area contributed by atoms with Crippen molar-refractivity contribution in [2.24, 2.45) is 23.7 Å². The minimum Gasteiger partial charge on any atom is -0.339 e. The predicted octanol–water partition coefficient (Wildman–Crippen LogP) is 5.50. The van der Waals surface area contributed by atoms with E-state index < -0.39 is 12.0 Å². The first-order valence-corrected chi connectivity index (χ1v) is 16.8. The molecule has 10 nitrogen and oxygen atoms in total. The lowest BCUT2D eigenvalue weighted by Crippen LogP contribution is -2.53. The van der Waals surface area contributed by atoms with Crippen molar-refractivity contribution in [2.75, 3.05) is 25.5 Å². The fourth-order valence-electron chi connectivity index (χ4n) is 8.22. The molecule has 0 spiro atoms. The molecular formula is C34H47FN8O2. The van der Waals surface area contributed by atoms with Crippen LogP contribution in [0.2, 0.25) is 0 Å². The molecule has 1 aliphatic heterocycles. The third kappa shape index (κ3) is 6.98. The number of hydrogen-bond acceptors (Lipinski definition) is 6. The highest BCUT2D eigenvalue weighted by atomic mass is 19.1. The number of likely N-dealkylation sites (tertiary alicyclic amines) is 1. The second-order valence-electron chi connectivity index (χ2n) is 13.6. The number of amides is 2. The van der Waals surface area contributed by atoms with Crippen LogP contribution in [0.25, 0.3) is 11.1 Å². The number of aryl methyl sites for hydroxylation is 2. The van der Waals surface area contributed by atoms with Crippen molar-refractivity contribution in [2.45, 2.75) is 90.6 Å². The minimum atomic E-state index is -0.773. The molecule has 4 heterocycles. The zero-order valence-corrected chi connectivity index (χ0v) is 26.8. The molecule has 0 aromatic carbocycles. The van der Waals surface area contributed by atoms with E-state index in [4.69, 9.17) is 0 Å². The summed E-state index contributed by atoms with van der Waals surface area (Å²) in [6, 6.07) is 4.22. The summed E-state index contributed by atoms with van der Waals surface area (Å²) in [5.41, 5.74) is 2.89. The highest BCUT2D eigenvalue weighted by Crippen LogP contribution is 2.42. The molecule has 0 bridgehead atoms. The monoisotopic (exact) mass is 618 g/mol. The van der Waals surface area contributed by atoms with Gasteiger partial charge in [-0.1, -0.05) is 64.2 Å². The Morgan fingerprint density at radius 3 is 2.24 bits per heavy atom. The Morgan fingerprint density at radius 2 is 1.67 bits per heavy atom. The van der Waals surface area contributed by atoms with Crippen molar-refractivity contribution in [1.82, 2.24) is 35.2 Å². The van der Waals surface area contributed by atoms with E-state index in [1.54, 1.807) is 29.1 Å². The van der Waals surface area contributed by atoms with Crippen LogP contribution in [0.15, 0.2) is 24.4 Å². The number of aromatic nitrogens is 5. The van der Waals surface area contributed by atoms with Crippen LogP contribution in [-0.2, 0) is 11.3 Å². The van der Waals surface area contributed by atoms with E-state index in [2.05, 4.69) is 42.9 Å². The van der Waals surface area contributed by atoms with E-state index in [0.29, 0.717) is 46.8 Å². The van der Waals surface area contributed by atoms with E-state index in [-0.39, 0.29) is 23.6 Å². The molecular weight excluding hydrogens is 571 g/mol. The maximum absolute atomic E-state index is 15.4. The Balaban J connectivity index is 1.28. The summed E-state index contributed by atoms with van der Waals surface area (Å²) >= 11 is 0. The Kier molecular flexibility index (Phi) is 9.63. The summed E-state index contributed by atoms with van der Waals surface area (Å²) in [5.74, 6) is -0.0706. The van der Waals surface area contributed by atoms with Crippen molar-refractivity contribution < 1.29 is 14.0 Å². The number of anilines is 1. The SMILES string of the molecule is Cc1n[nH]c(C)c1-c1ccc(NC(=O)[C@@H](NC(=O)c2ccnn2CC2CN(C)C2)C(C2CCCCC2)C2CCCCC2)nc1F. The van der Waals surface area contributed by atoms with Gasteiger partial charge in [0.05, 0.1) is 5.69 Å². The van der Waals surface area contributed by atoms with Crippen LogP contribution in [0.4, 0.5) is 10.2 Å². The van der Waals surface area contributed by atoms with Gasteiger partial charge in [0, 0.05) is 48.6 Å². The number of carbonyl (C=O) groups is 2. The summed E-state index contributed by atoms with van der Waals surface area (Å²) < 4.78 is 17.2. The van der Waals surface area contributed by atoms with Crippen LogP contribution in [0, 0.1) is 43.5 Å². The van der Waals surface area contributed by atoms with Crippen LogP contribution in [0.5, 0.6) is 0 Å². The van der Waals surface area contributed by atoms with Crippen LogP contribution in [0.1, 0.15) is 86.1 Å². The minimum absolute atomic E-state index is 0.00782. The van der Waals surface area contributed by atoms with Gasteiger partial charge in [-0.2, -0.15) is 14.6 Å². The number of carbonyl (C=O) groups excluding carboxylic acids is 2. The fraction of sp³-hybridized carbons (Fsp3) is 0.618. The number of hydrogen-bond donors (Lipinski definition) is 3. The third-order valence-corrected chi connectivity index (χ3v) is 10.4. The molecule has 3 N–H and O–H groups in total. The van der Waals surface area contributed by atoms with E-state index in [1.807, 2.05) is 13.8 Å². The predicted molar refractivity (Wildman–Crippen MR) is 171 cm³/mol. The molecule has 11 heteroatoms. The molecule has 3 aromatic rings. The summed E-state index contributed by atoms with van der Waals surface area (Å²) in [6.45, 7) is 6.26. The van der Waals surface area contributed by atoms with Crippen molar-refractivity contribution >= 4 is 17.6 Å². The fourth-order valence-corrected chi connectivity index (χ4v) is 8.22. The normalized spacial score (nSPS) is 19.4. The molecule has 0 unspecified atom stereocenters. The first-order chi connectivity index (χ1) is 21.8. The van der Waals surface area contributed by atoms with Crippen molar-refractivity contribution in [3.05, 3.63) is 47.4 Å². The molecule has 1 saturated heterocycles. The lowest BCUT2D eigenvalue weighted by atomic mass is 9.66. The molecule has 242 valence electrons. The van der Waals surface area contributed by atoms with Crippen molar-refractivity contribution in [3.63, 3.8) is 0 Å². The van der Waals surface area contributed by atoms with Crippen LogP contribution < -0.4 is 10.6 Å². The largest absolute Gasteiger partial charge is 0.339 e. The van der Waals surface area contributed by atoms with Gasteiger partial charge in [0.1, 0.15) is 17.6 Å². The van der Waals surface area contributed by atoms with E-state index in [0.717, 1.165) is 70.2 Å². The second kappa shape index (κ2) is 13.8. The molecule has 3 aliphatic rings. The van der Waals surface area contributed by atoms with Gasteiger partial charge in [-0.25, -0.2) is 4.98 Å². The van der Waals surface area contributed by atoms with E-state index in [9.17, 15) is 9.59 Å². The van der Waals surface area contributed by atoms with Gasteiger partial charge < -0.3 is 15.5 Å². The molecule has 1 atom stereocenters. The Labute approximate surface area is 264 Å². The molecule has 45 heavy (non-hydrogen) atoms. The topological polar surface area (TPSA) is 121 Å². The number of halogens is 1. The molecule has 0 radical (unpaired) electrons. The summed E-state index contributed by atoms with van der Waals surface area (Å²) in [5, 5.41) is 17.6. The zero-order chi connectivity index (χ0) is 31.5. The molecule has 3 aromatic heterocycles. The number of rotatable bonds is 10.